The summed E-state index contributed by atoms with van der Waals surface area (Å²) in [6.07, 6.45) is 13.0. The summed E-state index contributed by atoms with van der Waals surface area (Å²) in [4.78, 5) is 17.1. The smallest absolute Gasteiger partial charge is 0.254 e. The van der Waals surface area contributed by atoms with E-state index in [1.165, 1.54) is 69.9 Å². The van der Waals surface area contributed by atoms with E-state index in [0.29, 0.717) is 0 Å². The highest BCUT2D eigenvalue weighted by Gasteiger charge is 2.14. The second-order valence-electron chi connectivity index (χ2n) is 8.51. The Morgan fingerprint density at radius 3 is 2.22 bits per heavy atom. The van der Waals surface area contributed by atoms with Crippen molar-refractivity contribution in [2.24, 2.45) is 0 Å². The molecule has 4 nitrogen and oxygen atoms in total. The quantitative estimate of drug-likeness (QED) is 0.275. The minimum Gasteiger partial charge on any atom is -0.345 e. The molecule has 1 amide bonds. The number of nitrogens with zero attached hydrogens (tertiary/aromatic N) is 2. The largest absolute Gasteiger partial charge is 0.345 e. The van der Waals surface area contributed by atoms with Gasteiger partial charge < -0.3 is 9.88 Å². The Hall–Kier alpha value is -2.69. The first kappa shape index (κ1) is 24.0. The molecule has 2 aromatic carbocycles. The van der Waals surface area contributed by atoms with Crippen molar-refractivity contribution < 1.29 is 9.18 Å². The molecule has 3 aromatic rings. The number of fused-ring (bicyclic) bond motifs is 1. The SMILES string of the molecule is CCCCCCCCCCCCn1c(CNC(=O)c2ccccc2F)nc2ccccc21. The van der Waals surface area contributed by atoms with Crippen LogP contribution in [0.1, 0.15) is 87.3 Å². The standard InChI is InChI=1S/C27H36FN3O/c1-2-3-4-5-6-7-8-9-10-15-20-31-25-19-14-13-18-24(25)30-26(31)21-29-27(32)22-16-11-12-17-23(22)28/h11-14,16-19H,2-10,15,20-21H2,1H3,(H,29,32). The molecule has 1 N–H and O–H groups in total. The van der Waals surface area contributed by atoms with Gasteiger partial charge in [-0.1, -0.05) is 89.0 Å². The first-order chi connectivity index (χ1) is 15.7. The van der Waals surface area contributed by atoms with Crippen LogP contribution in [0.3, 0.4) is 0 Å². The number of carbonyl (C=O) groups excluding carboxylic acids is 1. The van der Waals surface area contributed by atoms with Gasteiger partial charge in [0.1, 0.15) is 11.6 Å². The fourth-order valence-corrected chi connectivity index (χ4v) is 4.17. The van der Waals surface area contributed by atoms with Crippen LogP contribution in [0.5, 0.6) is 0 Å². The first-order valence-corrected chi connectivity index (χ1v) is 12.2. The lowest BCUT2D eigenvalue weighted by Gasteiger charge is -2.11. The van der Waals surface area contributed by atoms with Crippen LogP contribution < -0.4 is 5.32 Å². The lowest BCUT2D eigenvalue weighted by atomic mass is 10.1. The molecule has 0 aliphatic rings. The predicted octanol–water partition coefficient (Wildman–Crippen LogP) is 7.03. The fourth-order valence-electron chi connectivity index (χ4n) is 4.17. The van der Waals surface area contributed by atoms with Gasteiger partial charge in [-0.3, -0.25) is 4.79 Å². The van der Waals surface area contributed by atoms with E-state index < -0.39 is 11.7 Å². The highest BCUT2D eigenvalue weighted by molar-refractivity contribution is 5.94. The van der Waals surface area contributed by atoms with Crippen LogP contribution in [0.25, 0.3) is 11.0 Å². The molecule has 1 aromatic heterocycles. The average molecular weight is 438 g/mol. The Balaban J connectivity index is 1.51. The lowest BCUT2D eigenvalue weighted by Crippen LogP contribution is -2.25. The summed E-state index contributed by atoms with van der Waals surface area (Å²) in [5.74, 6) is -0.115. The Labute approximate surface area is 191 Å². The summed E-state index contributed by atoms with van der Waals surface area (Å²) >= 11 is 0. The average Bonchev–Trinajstić information content (AvgIpc) is 3.16. The number of carbonyl (C=O) groups is 1. The van der Waals surface area contributed by atoms with Gasteiger partial charge in [0.25, 0.3) is 5.91 Å². The molecule has 3 rings (SSSR count). The number of halogens is 1. The van der Waals surface area contributed by atoms with Crippen molar-refractivity contribution in [2.45, 2.75) is 84.2 Å². The summed E-state index contributed by atoms with van der Waals surface area (Å²) in [7, 11) is 0. The second-order valence-corrected chi connectivity index (χ2v) is 8.51. The van der Waals surface area contributed by atoms with Gasteiger partial charge in [-0.2, -0.15) is 0 Å². The molecule has 32 heavy (non-hydrogen) atoms. The molecule has 0 fully saturated rings. The zero-order chi connectivity index (χ0) is 22.6. The maximum absolute atomic E-state index is 13.9. The van der Waals surface area contributed by atoms with Crippen molar-refractivity contribution in [1.82, 2.24) is 14.9 Å². The minimum atomic E-state index is -0.510. The summed E-state index contributed by atoms with van der Waals surface area (Å²) < 4.78 is 16.1. The number of hydrogen-bond acceptors (Lipinski definition) is 2. The lowest BCUT2D eigenvalue weighted by molar-refractivity contribution is 0.0945. The zero-order valence-corrected chi connectivity index (χ0v) is 19.3. The van der Waals surface area contributed by atoms with Crippen LogP contribution in [0, 0.1) is 5.82 Å². The van der Waals surface area contributed by atoms with Crippen molar-refractivity contribution in [3.63, 3.8) is 0 Å². The molecule has 0 saturated heterocycles. The van der Waals surface area contributed by atoms with E-state index in [9.17, 15) is 9.18 Å². The number of aryl methyl sites for hydroxylation is 1. The normalized spacial score (nSPS) is 11.2. The number of nitrogens with one attached hydrogen (secondary N) is 1. The van der Waals surface area contributed by atoms with E-state index in [4.69, 9.17) is 4.98 Å². The van der Waals surface area contributed by atoms with Gasteiger partial charge in [-0.05, 0) is 30.7 Å². The van der Waals surface area contributed by atoms with Gasteiger partial charge in [0.15, 0.2) is 0 Å². The van der Waals surface area contributed by atoms with Gasteiger partial charge >= 0.3 is 0 Å². The van der Waals surface area contributed by atoms with Crippen LogP contribution in [0.4, 0.5) is 4.39 Å². The van der Waals surface area contributed by atoms with E-state index in [1.807, 2.05) is 18.2 Å². The highest BCUT2D eigenvalue weighted by Crippen LogP contribution is 2.18. The number of rotatable bonds is 14. The summed E-state index contributed by atoms with van der Waals surface area (Å²) in [5.41, 5.74) is 2.07. The molecule has 172 valence electrons. The van der Waals surface area contributed by atoms with Gasteiger partial charge in [0.05, 0.1) is 23.1 Å². The molecule has 5 heteroatoms. The van der Waals surface area contributed by atoms with E-state index in [1.54, 1.807) is 12.1 Å². The Bertz CT molecular complexity index is 982. The van der Waals surface area contributed by atoms with Gasteiger partial charge in [0, 0.05) is 6.54 Å². The third kappa shape index (κ3) is 6.91. The zero-order valence-electron chi connectivity index (χ0n) is 19.3. The number of amides is 1. The van der Waals surface area contributed by atoms with Crippen molar-refractivity contribution in [1.29, 1.82) is 0 Å². The van der Waals surface area contributed by atoms with Gasteiger partial charge in [0.2, 0.25) is 0 Å². The second kappa shape index (κ2) is 13.0. The maximum Gasteiger partial charge on any atom is 0.254 e. The number of hydrogen-bond donors (Lipinski definition) is 1. The van der Waals surface area contributed by atoms with Crippen LogP contribution in [-0.2, 0) is 13.1 Å². The number of benzene rings is 2. The topological polar surface area (TPSA) is 46.9 Å². The summed E-state index contributed by atoms with van der Waals surface area (Å²) in [6.45, 7) is 3.41. The van der Waals surface area contributed by atoms with Crippen molar-refractivity contribution >= 4 is 16.9 Å². The van der Waals surface area contributed by atoms with Crippen LogP contribution in [0.2, 0.25) is 0 Å². The number of imidazole rings is 1. The molecule has 0 radical (unpaired) electrons. The number of unbranched alkanes of at least 4 members (excludes halogenated alkanes) is 9. The van der Waals surface area contributed by atoms with E-state index >= 15 is 0 Å². The molecule has 0 atom stereocenters. The number of para-hydroxylation sites is 2. The van der Waals surface area contributed by atoms with Gasteiger partial charge in [-0.25, -0.2) is 9.37 Å². The van der Waals surface area contributed by atoms with Crippen molar-refractivity contribution in [3.05, 3.63) is 65.7 Å². The number of aromatic nitrogens is 2. The van der Waals surface area contributed by atoms with E-state index in [2.05, 4.69) is 22.9 Å². The molecular weight excluding hydrogens is 401 g/mol. The van der Waals surface area contributed by atoms with Gasteiger partial charge in [-0.15, -0.1) is 0 Å². The molecular formula is C27H36FN3O. The molecule has 0 aliphatic heterocycles. The molecule has 1 heterocycles. The Morgan fingerprint density at radius 2 is 1.50 bits per heavy atom. The molecule has 0 bridgehead atoms. The van der Waals surface area contributed by atoms with E-state index in [0.717, 1.165) is 29.8 Å². The van der Waals surface area contributed by atoms with Crippen molar-refractivity contribution in [2.75, 3.05) is 0 Å². The molecule has 0 spiro atoms. The highest BCUT2D eigenvalue weighted by atomic mass is 19.1. The predicted molar refractivity (Wildman–Crippen MR) is 129 cm³/mol. The van der Waals surface area contributed by atoms with Crippen LogP contribution >= 0.6 is 0 Å². The summed E-state index contributed by atoms with van der Waals surface area (Å²) in [6, 6.07) is 14.1. The third-order valence-electron chi connectivity index (χ3n) is 5.99. The fraction of sp³-hybridized carbons (Fsp3) is 0.481. The van der Waals surface area contributed by atoms with Crippen LogP contribution in [0.15, 0.2) is 48.5 Å². The maximum atomic E-state index is 13.9. The Morgan fingerprint density at radius 1 is 0.875 bits per heavy atom. The molecule has 0 saturated carbocycles. The molecule has 0 aliphatic carbocycles. The van der Waals surface area contributed by atoms with Crippen LogP contribution in [-0.4, -0.2) is 15.5 Å². The molecule has 0 unspecified atom stereocenters. The van der Waals surface area contributed by atoms with Crippen molar-refractivity contribution in [3.8, 4) is 0 Å². The first-order valence-electron chi connectivity index (χ1n) is 12.2. The van der Waals surface area contributed by atoms with E-state index in [-0.39, 0.29) is 12.1 Å². The Kier molecular flexibility index (Phi) is 9.73. The minimum absolute atomic E-state index is 0.0601. The monoisotopic (exact) mass is 437 g/mol. The third-order valence-corrected chi connectivity index (χ3v) is 5.99. The summed E-state index contributed by atoms with van der Waals surface area (Å²) in [5, 5.41) is 2.83.